The minimum atomic E-state index is -0.917. The molecule has 0 aliphatic carbocycles. The second-order valence-corrected chi connectivity index (χ2v) is 4.24. The van der Waals surface area contributed by atoms with Crippen molar-refractivity contribution >= 4 is 7.12 Å². The van der Waals surface area contributed by atoms with Crippen LogP contribution in [0.15, 0.2) is 48.0 Å². The Hall–Kier alpha value is -1.52. The summed E-state index contributed by atoms with van der Waals surface area (Å²) in [5, 5.41) is 19.0. The van der Waals surface area contributed by atoms with E-state index in [4.69, 9.17) is 4.65 Å². The molecule has 0 saturated carbocycles. The van der Waals surface area contributed by atoms with Crippen molar-refractivity contribution in [1.29, 1.82) is 0 Å². The molecule has 3 nitrogen and oxygen atoms in total. The highest BCUT2D eigenvalue weighted by atomic mass is 16.5. The maximum atomic E-state index is 9.82. The van der Waals surface area contributed by atoms with Crippen LogP contribution in [-0.2, 0) is 4.65 Å². The molecule has 0 amide bonds. The maximum Gasteiger partial charge on any atom is 0.491 e. The Bertz CT molecular complexity index is 450. The van der Waals surface area contributed by atoms with Gasteiger partial charge in [0.1, 0.15) is 5.75 Å². The summed E-state index contributed by atoms with van der Waals surface area (Å²) in [5.74, 6) is 0.225. The summed E-state index contributed by atoms with van der Waals surface area (Å²) in [4.78, 5) is 0. The van der Waals surface area contributed by atoms with Gasteiger partial charge >= 0.3 is 7.12 Å². The number of allylic oxidation sites excluding steroid dienone is 2. The Morgan fingerprint density at radius 2 is 2.06 bits per heavy atom. The lowest BCUT2D eigenvalue weighted by atomic mass is 9.71. The van der Waals surface area contributed by atoms with Crippen LogP contribution in [0.5, 0.6) is 5.75 Å². The number of rotatable bonds is 2. The fourth-order valence-corrected chi connectivity index (χ4v) is 1.91. The number of hydrogen-bond acceptors (Lipinski definition) is 3. The molecule has 1 atom stereocenters. The lowest BCUT2D eigenvalue weighted by molar-refractivity contribution is 0.168. The second kappa shape index (κ2) is 4.78. The van der Waals surface area contributed by atoms with E-state index in [0.29, 0.717) is 6.42 Å². The first-order valence-corrected chi connectivity index (χ1v) is 5.56. The summed E-state index contributed by atoms with van der Waals surface area (Å²) in [6, 6.07) is 6.82. The van der Waals surface area contributed by atoms with E-state index >= 15 is 0 Å². The van der Waals surface area contributed by atoms with Crippen molar-refractivity contribution in [3.8, 4) is 5.75 Å². The molecule has 0 spiro atoms. The van der Waals surface area contributed by atoms with Crippen LogP contribution >= 0.6 is 0 Å². The van der Waals surface area contributed by atoms with Crippen LogP contribution in [0, 0.1) is 0 Å². The molecule has 0 aromatic heterocycles. The molecule has 0 saturated heterocycles. The third-order valence-corrected chi connectivity index (χ3v) is 2.87. The van der Waals surface area contributed by atoms with Crippen molar-refractivity contribution in [2.24, 2.45) is 0 Å². The van der Waals surface area contributed by atoms with Gasteiger partial charge in [0.15, 0.2) is 0 Å². The number of hydrogen-bond donors (Lipinski definition) is 2. The van der Waals surface area contributed by atoms with Gasteiger partial charge in [0, 0.05) is 0 Å². The normalized spacial score (nSPS) is 20.0. The van der Waals surface area contributed by atoms with Crippen LogP contribution in [0.1, 0.15) is 25.0 Å². The van der Waals surface area contributed by atoms with Crippen LogP contribution in [0.25, 0.3) is 0 Å². The zero-order chi connectivity index (χ0) is 12.4. The lowest BCUT2D eigenvalue weighted by Crippen LogP contribution is -2.28. The van der Waals surface area contributed by atoms with E-state index in [9.17, 15) is 10.1 Å². The Kier molecular flexibility index (Phi) is 3.36. The third kappa shape index (κ3) is 2.60. The van der Waals surface area contributed by atoms with E-state index < -0.39 is 7.12 Å². The number of aromatic hydroxyl groups is 1. The van der Waals surface area contributed by atoms with E-state index in [2.05, 4.69) is 6.58 Å². The smallest absolute Gasteiger partial charge is 0.491 e. The Morgan fingerprint density at radius 3 is 2.59 bits per heavy atom. The van der Waals surface area contributed by atoms with Crippen LogP contribution in [0.4, 0.5) is 0 Å². The summed E-state index contributed by atoms with van der Waals surface area (Å²) in [6.45, 7) is 5.64. The van der Waals surface area contributed by atoms with Crippen molar-refractivity contribution in [3.63, 3.8) is 0 Å². The van der Waals surface area contributed by atoms with E-state index in [0.717, 1.165) is 16.6 Å². The molecular formula is C13H15BO3. The second-order valence-electron chi connectivity index (χ2n) is 4.24. The monoisotopic (exact) mass is 230 g/mol. The maximum absolute atomic E-state index is 9.82. The van der Waals surface area contributed by atoms with Crippen molar-refractivity contribution in [2.45, 2.75) is 19.4 Å². The van der Waals surface area contributed by atoms with E-state index in [1.165, 1.54) is 0 Å². The summed E-state index contributed by atoms with van der Waals surface area (Å²) < 4.78 is 5.53. The van der Waals surface area contributed by atoms with E-state index in [-0.39, 0.29) is 11.9 Å². The Labute approximate surface area is 101 Å². The largest absolute Gasteiger partial charge is 0.508 e. The van der Waals surface area contributed by atoms with Crippen LogP contribution < -0.4 is 0 Å². The minimum absolute atomic E-state index is 0.173. The average Bonchev–Trinajstić information content (AvgIpc) is 2.29. The predicted molar refractivity (Wildman–Crippen MR) is 67.4 cm³/mol. The summed E-state index contributed by atoms with van der Waals surface area (Å²) in [5.41, 5.74) is 2.51. The van der Waals surface area contributed by atoms with E-state index in [1.807, 2.05) is 13.0 Å². The van der Waals surface area contributed by atoms with Gasteiger partial charge in [-0.05, 0) is 36.5 Å². The highest BCUT2D eigenvalue weighted by Gasteiger charge is 2.29. The minimum Gasteiger partial charge on any atom is -0.508 e. The summed E-state index contributed by atoms with van der Waals surface area (Å²) in [6.07, 6.45) is 2.48. The van der Waals surface area contributed by atoms with Gasteiger partial charge in [-0.2, -0.15) is 0 Å². The first-order valence-electron chi connectivity index (χ1n) is 5.56. The summed E-state index contributed by atoms with van der Waals surface area (Å²) >= 11 is 0. The van der Waals surface area contributed by atoms with Gasteiger partial charge < -0.3 is 14.8 Å². The van der Waals surface area contributed by atoms with Gasteiger partial charge in [-0.1, -0.05) is 30.4 Å². The van der Waals surface area contributed by atoms with Gasteiger partial charge in [0.2, 0.25) is 0 Å². The fourth-order valence-electron chi connectivity index (χ4n) is 1.91. The molecule has 0 radical (unpaired) electrons. The molecule has 4 heteroatoms. The molecule has 2 rings (SSSR count). The molecule has 88 valence electrons. The van der Waals surface area contributed by atoms with E-state index in [1.54, 1.807) is 24.3 Å². The fraction of sp³-hybridized carbons (Fsp3) is 0.231. The standard InChI is InChI=1S/C13H15BO3/c1-9(2)12-7-8-13(17-14(12)16)10-3-5-11(15)6-4-10/h3-7,13,15-16H,1,8H2,2H3. The van der Waals surface area contributed by atoms with Crippen molar-refractivity contribution in [1.82, 2.24) is 0 Å². The zero-order valence-corrected chi connectivity index (χ0v) is 9.76. The van der Waals surface area contributed by atoms with Crippen LogP contribution in [-0.4, -0.2) is 17.2 Å². The summed E-state index contributed by atoms with van der Waals surface area (Å²) in [7, 11) is -0.917. The molecule has 0 bridgehead atoms. The molecule has 1 aromatic carbocycles. The zero-order valence-electron chi connectivity index (χ0n) is 9.76. The van der Waals surface area contributed by atoms with Crippen molar-refractivity contribution in [2.75, 3.05) is 0 Å². The molecule has 0 fully saturated rings. The number of phenols is 1. The Balaban J connectivity index is 2.17. The number of benzene rings is 1. The molecule has 1 aromatic rings. The molecule has 1 aliphatic heterocycles. The molecule has 1 aliphatic rings. The lowest BCUT2D eigenvalue weighted by Gasteiger charge is -2.25. The predicted octanol–water partition coefficient (Wildman–Crippen LogP) is 2.38. The quantitative estimate of drug-likeness (QED) is 0.767. The van der Waals surface area contributed by atoms with Gasteiger partial charge in [-0.25, -0.2) is 0 Å². The Morgan fingerprint density at radius 1 is 1.41 bits per heavy atom. The van der Waals surface area contributed by atoms with Gasteiger partial charge in [-0.15, -0.1) is 0 Å². The third-order valence-electron chi connectivity index (χ3n) is 2.87. The van der Waals surface area contributed by atoms with Crippen molar-refractivity contribution < 1.29 is 14.8 Å². The van der Waals surface area contributed by atoms with Gasteiger partial charge in [0.05, 0.1) is 6.10 Å². The molecule has 17 heavy (non-hydrogen) atoms. The topological polar surface area (TPSA) is 49.7 Å². The van der Waals surface area contributed by atoms with Crippen molar-refractivity contribution in [3.05, 3.63) is 53.5 Å². The average molecular weight is 230 g/mol. The molecule has 2 N–H and O–H groups in total. The number of phenolic OH excluding ortho intramolecular Hbond substituents is 1. The van der Waals surface area contributed by atoms with Crippen LogP contribution in [0.3, 0.4) is 0 Å². The van der Waals surface area contributed by atoms with Gasteiger partial charge in [0.25, 0.3) is 0 Å². The molecule has 1 heterocycles. The highest BCUT2D eigenvalue weighted by Crippen LogP contribution is 2.30. The first-order chi connectivity index (χ1) is 8.08. The van der Waals surface area contributed by atoms with Crippen LogP contribution in [0.2, 0.25) is 0 Å². The molecule has 1 unspecified atom stereocenters. The first kappa shape index (κ1) is 12.0. The SMILES string of the molecule is C=C(C)C1=CCC(c2ccc(O)cc2)OB1O. The highest BCUT2D eigenvalue weighted by molar-refractivity contribution is 6.54. The van der Waals surface area contributed by atoms with Gasteiger partial charge in [-0.3, -0.25) is 0 Å². The molecular weight excluding hydrogens is 215 g/mol.